The smallest absolute Gasteiger partial charge is 0.268 e. The zero-order chi connectivity index (χ0) is 33.2. The van der Waals surface area contributed by atoms with Crippen LogP contribution >= 0.6 is 0 Å². The van der Waals surface area contributed by atoms with Crippen LogP contribution in [0, 0.1) is 0 Å². The lowest BCUT2D eigenvalue weighted by Gasteiger charge is -2.63. The molecule has 0 aromatic rings. The third kappa shape index (κ3) is 5.48. The van der Waals surface area contributed by atoms with Gasteiger partial charge < -0.3 is 30.3 Å². The summed E-state index contributed by atoms with van der Waals surface area (Å²) >= 11 is 0. The molecule has 1 aliphatic rings. The van der Waals surface area contributed by atoms with Gasteiger partial charge in [0, 0.05) is 0 Å². The van der Waals surface area contributed by atoms with Crippen LogP contribution in [0.4, 0.5) is 0 Å². The largest absolute Gasteiger partial charge is 0.393 e. The van der Waals surface area contributed by atoms with Crippen molar-refractivity contribution in [2.24, 2.45) is 0 Å². The highest BCUT2D eigenvalue weighted by atomic mass is 16.7. The molecule has 1 aliphatic heterocycles. The lowest BCUT2D eigenvalue weighted by molar-refractivity contribution is -0.410. The quantitative estimate of drug-likeness (QED) is 0.107. The maximum atomic E-state index is 13.7. The van der Waals surface area contributed by atoms with Gasteiger partial charge in [-0.3, -0.25) is 47.9 Å². The lowest BCUT2D eigenvalue weighted by atomic mass is 9.51. The Bertz CT molecular complexity index is 1280. The van der Waals surface area contributed by atoms with Gasteiger partial charge in [0.05, 0.1) is 38.7 Å². The van der Waals surface area contributed by atoms with E-state index in [4.69, 9.17) is 4.74 Å². The zero-order valence-corrected chi connectivity index (χ0v) is 23.5. The SMILES string of the molecule is CC(=O)CC(=O)[C@@]1(O)[C@](O)(C(=O)CC(C)=O)[C@@](O)(C(=O)CC(C)=O)O[C@@](CO)(C(=O)CC(C)=O)[C@]1(O)C(=O)CC(C)=O. The van der Waals surface area contributed by atoms with Crippen molar-refractivity contribution in [2.75, 3.05) is 6.61 Å². The van der Waals surface area contributed by atoms with Crippen LogP contribution < -0.4 is 0 Å². The van der Waals surface area contributed by atoms with Crippen LogP contribution in [0.15, 0.2) is 0 Å². The molecule has 0 bridgehead atoms. The van der Waals surface area contributed by atoms with Gasteiger partial charge in [-0.15, -0.1) is 0 Å². The number of aliphatic hydroxyl groups excluding tert-OH is 1. The van der Waals surface area contributed by atoms with Gasteiger partial charge in [-0.1, -0.05) is 0 Å². The first-order chi connectivity index (χ1) is 19.0. The van der Waals surface area contributed by atoms with E-state index in [2.05, 4.69) is 0 Å². The van der Waals surface area contributed by atoms with Gasteiger partial charge in [0.25, 0.3) is 5.79 Å². The summed E-state index contributed by atoms with van der Waals surface area (Å²) in [6.45, 7) is 1.61. The Kier molecular flexibility index (Phi) is 10.7. The highest BCUT2D eigenvalue weighted by molar-refractivity contribution is 6.21. The summed E-state index contributed by atoms with van der Waals surface area (Å²) < 4.78 is 5.06. The van der Waals surface area contributed by atoms with Crippen molar-refractivity contribution in [2.45, 2.75) is 94.9 Å². The molecule has 5 atom stereocenters. The van der Waals surface area contributed by atoms with Gasteiger partial charge in [0.1, 0.15) is 28.9 Å². The topological polar surface area (TPSA) is 281 Å². The molecule has 0 aliphatic carbocycles. The summed E-state index contributed by atoms with van der Waals surface area (Å²) in [5, 5.41) is 58.0. The number of hydrogen-bond acceptors (Lipinski definition) is 16. The van der Waals surface area contributed by atoms with Crippen LogP contribution in [0.5, 0.6) is 0 Å². The summed E-state index contributed by atoms with van der Waals surface area (Å²) in [5.41, 5.74) is -18.0. The minimum atomic E-state index is -4.75. The second kappa shape index (κ2) is 12.4. The molecule has 1 fully saturated rings. The average molecular weight is 601 g/mol. The highest BCUT2D eigenvalue weighted by Crippen LogP contribution is 2.56. The molecule has 0 radical (unpaired) electrons. The third-order valence-electron chi connectivity index (χ3n) is 6.75. The van der Waals surface area contributed by atoms with Crippen molar-refractivity contribution >= 4 is 57.8 Å². The minimum absolute atomic E-state index is 0.709. The van der Waals surface area contributed by atoms with Crippen molar-refractivity contribution in [1.82, 2.24) is 0 Å². The number of hydrogen-bond donors (Lipinski definition) is 5. The molecule has 0 saturated carbocycles. The molecule has 1 saturated heterocycles. The Balaban J connectivity index is 4.71. The van der Waals surface area contributed by atoms with Crippen LogP contribution in [0.2, 0.25) is 0 Å². The van der Waals surface area contributed by atoms with Crippen LogP contribution in [-0.4, -0.2) is 118 Å². The zero-order valence-electron chi connectivity index (χ0n) is 23.5. The fraction of sp³-hybridized carbons (Fsp3) is 0.615. The number of Topliss-reactive ketones (excluding diaryl/α,β-unsaturated/α-hetero) is 10. The number of aliphatic hydroxyl groups is 5. The number of rotatable bonds is 16. The van der Waals surface area contributed by atoms with Crippen molar-refractivity contribution in [1.29, 1.82) is 0 Å². The van der Waals surface area contributed by atoms with E-state index in [9.17, 15) is 73.5 Å². The molecule has 5 N–H and O–H groups in total. The van der Waals surface area contributed by atoms with E-state index in [0.717, 1.165) is 27.7 Å². The molecule has 1 heterocycles. The Morgan fingerprint density at radius 1 is 0.452 bits per heavy atom. The molecule has 16 heteroatoms. The van der Waals surface area contributed by atoms with Gasteiger partial charge in [-0.2, -0.15) is 0 Å². The van der Waals surface area contributed by atoms with E-state index in [0.29, 0.717) is 6.92 Å². The predicted molar refractivity (Wildman–Crippen MR) is 132 cm³/mol. The standard InChI is InChI=1S/C26H32O16/c1-12(28)6-17(33)22(11-27)23(38,18(34)7-13(2)29)24(39,19(35)8-14(3)30)25(40,20(36)9-15(4)31)26(41,42-22)21(37)10-16(5)32/h27,38-41H,6-11H2,1-5H3/t22-,23+,24-,25+,26+/m0/s1. The van der Waals surface area contributed by atoms with Crippen LogP contribution in [0.25, 0.3) is 0 Å². The normalized spacial score (nSPS) is 30.6. The maximum absolute atomic E-state index is 13.7. The molecule has 16 nitrogen and oxygen atoms in total. The summed E-state index contributed by atoms with van der Waals surface area (Å²) in [4.78, 5) is 127. The summed E-state index contributed by atoms with van der Waals surface area (Å²) in [6.07, 6.45) is -7.58. The van der Waals surface area contributed by atoms with Crippen molar-refractivity contribution in [3.8, 4) is 0 Å². The second-order valence-electron chi connectivity index (χ2n) is 10.4. The van der Waals surface area contributed by atoms with Crippen molar-refractivity contribution < 1.29 is 78.2 Å². The van der Waals surface area contributed by atoms with E-state index in [1.165, 1.54) is 0 Å². The van der Waals surface area contributed by atoms with Crippen LogP contribution in [0.1, 0.15) is 66.7 Å². The Morgan fingerprint density at radius 3 is 1.07 bits per heavy atom. The van der Waals surface area contributed by atoms with Gasteiger partial charge in [0.15, 0.2) is 28.7 Å². The maximum Gasteiger partial charge on any atom is 0.268 e. The van der Waals surface area contributed by atoms with Crippen molar-refractivity contribution in [3.05, 3.63) is 0 Å². The highest BCUT2D eigenvalue weighted by Gasteiger charge is 2.90. The first-order valence-electron chi connectivity index (χ1n) is 12.3. The van der Waals surface area contributed by atoms with E-state index in [1.54, 1.807) is 0 Å². The molecule has 232 valence electrons. The first-order valence-corrected chi connectivity index (χ1v) is 12.3. The molecule has 0 spiro atoms. The fourth-order valence-electron chi connectivity index (χ4n) is 4.95. The summed E-state index contributed by atoms with van der Waals surface area (Å²) in [6, 6.07) is 0. The van der Waals surface area contributed by atoms with Crippen LogP contribution in [0.3, 0.4) is 0 Å². The van der Waals surface area contributed by atoms with E-state index < -0.39 is 125 Å². The van der Waals surface area contributed by atoms with Gasteiger partial charge in [-0.25, -0.2) is 0 Å². The number of ether oxygens (including phenoxy) is 1. The monoisotopic (exact) mass is 600 g/mol. The molecule has 0 unspecified atom stereocenters. The number of carbonyl (C=O) groups excluding carboxylic acids is 10. The molecule has 1 rings (SSSR count). The molecular weight excluding hydrogens is 568 g/mol. The average Bonchev–Trinajstić information content (AvgIpc) is 2.82. The summed E-state index contributed by atoms with van der Waals surface area (Å²) in [5.74, 6) is -20.7. The number of ketones is 10. The molecule has 42 heavy (non-hydrogen) atoms. The lowest BCUT2D eigenvalue weighted by Crippen LogP contribution is -2.95. The van der Waals surface area contributed by atoms with Gasteiger partial charge in [0.2, 0.25) is 22.6 Å². The Hall–Kier alpha value is -3.54. The molecular formula is C26H32O16. The minimum Gasteiger partial charge on any atom is -0.393 e. The van der Waals surface area contributed by atoms with Crippen molar-refractivity contribution in [3.63, 3.8) is 0 Å². The summed E-state index contributed by atoms with van der Waals surface area (Å²) in [7, 11) is 0. The van der Waals surface area contributed by atoms with Gasteiger partial charge >= 0.3 is 0 Å². The Morgan fingerprint density at radius 2 is 0.738 bits per heavy atom. The Labute approximate surface area is 238 Å². The molecule has 0 amide bonds. The third-order valence-corrected chi connectivity index (χ3v) is 6.75. The van der Waals surface area contributed by atoms with Gasteiger partial charge in [-0.05, 0) is 34.6 Å². The van der Waals surface area contributed by atoms with E-state index >= 15 is 0 Å². The van der Waals surface area contributed by atoms with E-state index in [-0.39, 0.29) is 0 Å². The van der Waals surface area contributed by atoms with E-state index in [1.807, 2.05) is 0 Å². The fourth-order valence-corrected chi connectivity index (χ4v) is 4.95. The number of carbonyl (C=O) groups is 10. The molecule has 0 aromatic carbocycles. The molecule has 0 aromatic heterocycles. The predicted octanol–water partition coefficient (Wildman–Crippen LogP) is -3.63. The second-order valence-corrected chi connectivity index (χ2v) is 10.4. The first kappa shape index (κ1) is 36.5. The van der Waals surface area contributed by atoms with Crippen LogP contribution in [-0.2, 0) is 52.7 Å².